The molecule has 1 aliphatic carbocycles. The fraction of sp³-hybridized carbons (Fsp3) is 0.0698. The van der Waals surface area contributed by atoms with Crippen molar-refractivity contribution in [2.24, 2.45) is 0 Å². The second kappa shape index (κ2) is 13.7. The van der Waals surface area contributed by atoms with Crippen molar-refractivity contribution in [1.82, 2.24) is 0 Å². The smallest absolute Gasteiger partial charge is 0.358 e. The number of hydrogen-bond acceptors (Lipinski definition) is 0. The topological polar surface area (TPSA) is 0 Å². The molecule has 216 valence electrons. The van der Waals surface area contributed by atoms with Gasteiger partial charge in [0.1, 0.15) is 0 Å². The monoisotopic (exact) mass is 760 g/mol. The van der Waals surface area contributed by atoms with Crippen molar-refractivity contribution in [3.63, 3.8) is 0 Å². The van der Waals surface area contributed by atoms with E-state index in [4.69, 9.17) is 0 Å². The van der Waals surface area contributed by atoms with Crippen LogP contribution >= 0.6 is 0 Å². The normalized spacial score (nSPS) is 13.5. The second-order valence-electron chi connectivity index (χ2n) is 11.4. The summed E-state index contributed by atoms with van der Waals surface area (Å²) >= 11 is 0. The van der Waals surface area contributed by atoms with Crippen LogP contribution in [0.1, 0.15) is 29.9 Å². The van der Waals surface area contributed by atoms with Gasteiger partial charge >= 0.3 is 25.8 Å². The van der Waals surface area contributed by atoms with Gasteiger partial charge in [0.25, 0.3) is 0 Å². The van der Waals surface area contributed by atoms with Crippen LogP contribution in [-0.2, 0) is 25.8 Å². The Hall–Kier alpha value is -3.72. The Labute approximate surface area is 289 Å². The standard InChI is InChI=1S/C41H30Si.2CH3.Hf/c1-2-9-38-37-17-8-16-36(33-21-19-28-11-4-6-13-30(28)23-33)40(37)26-41(38)42-34-24-31-14-7-15-35(39(31)25-34)32-20-18-27-10-3-5-12-29(27)22-32;;;/h3-8,10-26,38H,1-2,9H2;2*1H3;/q-2;2*-1;+4. The van der Waals surface area contributed by atoms with Gasteiger partial charge in [-0.3, -0.25) is 0 Å². The molecule has 0 nitrogen and oxygen atoms in total. The van der Waals surface area contributed by atoms with Crippen molar-refractivity contribution in [2.75, 3.05) is 0 Å². The molecule has 7 aromatic rings. The molecule has 7 aromatic carbocycles. The van der Waals surface area contributed by atoms with Crippen LogP contribution in [0, 0.1) is 21.8 Å². The van der Waals surface area contributed by atoms with E-state index in [1.54, 1.807) is 0 Å². The van der Waals surface area contributed by atoms with Gasteiger partial charge in [-0.25, -0.2) is 0 Å². The van der Waals surface area contributed by atoms with E-state index in [1.165, 1.54) is 76.1 Å². The van der Waals surface area contributed by atoms with E-state index in [1.807, 2.05) is 0 Å². The van der Waals surface area contributed by atoms with Crippen LogP contribution in [0.2, 0.25) is 0 Å². The molecule has 2 radical (unpaired) electrons. The van der Waals surface area contributed by atoms with Crippen LogP contribution in [-0.4, -0.2) is 9.52 Å². The number of allylic oxidation sites excluding steroid dienone is 1. The van der Waals surface area contributed by atoms with Crippen LogP contribution in [0.3, 0.4) is 0 Å². The molecule has 0 saturated carbocycles. The average Bonchev–Trinajstić information content (AvgIpc) is 3.61. The Bertz CT molecular complexity index is 2150. The van der Waals surface area contributed by atoms with E-state index in [-0.39, 0.29) is 40.7 Å². The Morgan fingerprint density at radius 1 is 0.622 bits per heavy atom. The van der Waals surface area contributed by atoms with Gasteiger partial charge in [-0.05, 0) is 67.4 Å². The minimum Gasteiger partial charge on any atom is -0.358 e. The Kier molecular flexibility index (Phi) is 9.96. The molecular weight excluding hydrogens is 723 g/mol. The maximum Gasteiger partial charge on any atom is 4.00 e. The molecular formula is C43H36HfSi. The summed E-state index contributed by atoms with van der Waals surface area (Å²) < 4.78 is 0. The molecule has 0 spiro atoms. The SMILES string of the molecule is [CH2-]CCC1C([Si]c2cc3c(-c4ccc5ccccc5c4)cccc3[cH-]2)=Cc2c(-c3ccc4ccccc4c3)cccc21.[CH3-].[CH3-].[Hf+4]. The van der Waals surface area contributed by atoms with Gasteiger partial charge in [0, 0.05) is 0 Å². The van der Waals surface area contributed by atoms with E-state index < -0.39 is 0 Å². The summed E-state index contributed by atoms with van der Waals surface area (Å²) in [6.07, 6.45) is 4.51. The molecule has 0 aliphatic heterocycles. The summed E-state index contributed by atoms with van der Waals surface area (Å²) in [6, 6.07) is 49.4. The molecule has 0 saturated heterocycles. The third kappa shape index (κ3) is 5.99. The first-order valence-electron chi connectivity index (χ1n) is 14.8. The van der Waals surface area contributed by atoms with Gasteiger partial charge in [0.2, 0.25) is 0 Å². The van der Waals surface area contributed by atoms with Crippen molar-refractivity contribution in [3.05, 3.63) is 172 Å². The first kappa shape index (κ1) is 32.7. The molecule has 1 atom stereocenters. The van der Waals surface area contributed by atoms with Crippen molar-refractivity contribution in [3.8, 4) is 22.3 Å². The van der Waals surface area contributed by atoms with Crippen LogP contribution in [0.5, 0.6) is 0 Å². The molecule has 0 amide bonds. The van der Waals surface area contributed by atoms with Crippen LogP contribution in [0.15, 0.2) is 139 Å². The van der Waals surface area contributed by atoms with Gasteiger partial charge < -0.3 is 21.8 Å². The average molecular weight is 759 g/mol. The number of rotatable bonds is 6. The molecule has 45 heavy (non-hydrogen) atoms. The summed E-state index contributed by atoms with van der Waals surface area (Å²) in [4.78, 5) is 0. The third-order valence-corrected chi connectivity index (χ3v) is 10.2. The van der Waals surface area contributed by atoms with Crippen molar-refractivity contribution < 1.29 is 25.8 Å². The maximum atomic E-state index is 4.26. The van der Waals surface area contributed by atoms with Crippen LogP contribution in [0.4, 0.5) is 0 Å². The summed E-state index contributed by atoms with van der Waals surface area (Å²) in [6.45, 7) is 4.26. The Morgan fingerprint density at radius 2 is 1.22 bits per heavy atom. The molecule has 0 fully saturated rings. The Morgan fingerprint density at radius 3 is 1.89 bits per heavy atom. The molecule has 0 bridgehead atoms. The zero-order valence-corrected chi connectivity index (χ0v) is 30.6. The first-order valence-corrected chi connectivity index (χ1v) is 15.8. The van der Waals surface area contributed by atoms with Crippen molar-refractivity contribution in [1.29, 1.82) is 0 Å². The van der Waals surface area contributed by atoms with E-state index in [9.17, 15) is 0 Å². The quantitative estimate of drug-likeness (QED) is 0.117. The molecule has 2 heteroatoms. The van der Waals surface area contributed by atoms with Crippen LogP contribution in [0.25, 0.3) is 60.6 Å². The van der Waals surface area contributed by atoms with E-state index >= 15 is 0 Å². The third-order valence-electron chi connectivity index (χ3n) is 8.84. The number of benzene rings is 6. The number of hydrogen-bond donors (Lipinski definition) is 0. The molecule has 1 aliphatic rings. The maximum absolute atomic E-state index is 4.26. The van der Waals surface area contributed by atoms with E-state index in [0.29, 0.717) is 15.4 Å². The van der Waals surface area contributed by atoms with Gasteiger partial charge in [0.05, 0.1) is 9.52 Å². The first-order chi connectivity index (χ1) is 20.7. The van der Waals surface area contributed by atoms with Gasteiger partial charge in [-0.2, -0.15) is 12.5 Å². The minimum atomic E-state index is 0. The van der Waals surface area contributed by atoms with E-state index in [2.05, 4.69) is 146 Å². The fourth-order valence-corrected chi connectivity index (χ4v) is 8.27. The molecule has 8 rings (SSSR count). The predicted octanol–water partition coefficient (Wildman–Crippen LogP) is 11.2. The van der Waals surface area contributed by atoms with Gasteiger partial charge in [-0.1, -0.05) is 120 Å². The summed E-state index contributed by atoms with van der Waals surface area (Å²) in [5.74, 6) is 0.425. The summed E-state index contributed by atoms with van der Waals surface area (Å²) in [5.41, 5.74) is 8.06. The largest absolute Gasteiger partial charge is 4.00 e. The second-order valence-corrected chi connectivity index (χ2v) is 12.8. The van der Waals surface area contributed by atoms with Crippen molar-refractivity contribution >= 4 is 53.1 Å². The Balaban J connectivity index is 0.00000133. The molecule has 0 heterocycles. The molecule has 1 unspecified atom stereocenters. The van der Waals surface area contributed by atoms with Crippen molar-refractivity contribution in [2.45, 2.75) is 18.8 Å². The minimum absolute atomic E-state index is 0. The molecule has 0 aromatic heterocycles. The zero-order chi connectivity index (χ0) is 28.0. The van der Waals surface area contributed by atoms with E-state index in [0.717, 1.165) is 12.8 Å². The summed E-state index contributed by atoms with van der Waals surface area (Å²) in [7, 11) is 0.638. The molecule has 0 N–H and O–H groups in total. The van der Waals surface area contributed by atoms with Crippen LogP contribution < -0.4 is 5.19 Å². The number of fused-ring (bicyclic) bond motifs is 4. The fourth-order valence-electron chi connectivity index (χ4n) is 6.80. The summed E-state index contributed by atoms with van der Waals surface area (Å²) in [5, 5.41) is 10.8. The van der Waals surface area contributed by atoms with Gasteiger partial charge in [-0.15, -0.1) is 34.2 Å². The zero-order valence-electron chi connectivity index (χ0n) is 26.0. The predicted molar refractivity (Wildman–Crippen MR) is 195 cm³/mol. The van der Waals surface area contributed by atoms with Gasteiger partial charge in [0.15, 0.2) is 0 Å².